The van der Waals surface area contributed by atoms with E-state index in [1.807, 2.05) is 20.8 Å². The molecule has 1 saturated carbocycles. The summed E-state index contributed by atoms with van der Waals surface area (Å²) in [5, 5.41) is 5.67. The van der Waals surface area contributed by atoms with Crippen LogP contribution in [0.5, 0.6) is 0 Å². The number of ether oxygens (including phenoxy) is 1. The molecule has 5 nitrogen and oxygen atoms in total. The second kappa shape index (κ2) is 6.78. The number of urea groups is 1. The molecule has 1 aliphatic carbocycles. The zero-order valence-corrected chi connectivity index (χ0v) is 12.4. The van der Waals surface area contributed by atoms with E-state index in [2.05, 4.69) is 10.6 Å². The minimum Gasteiger partial charge on any atom is -0.467 e. The van der Waals surface area contributed by atoms with E-state index in [4.69, 9.17) is 4.74 Å². The molecule has 110 valence electrons. The van der Waals surface area contributed by atoms with Gasteiger partial charge in [0.2, 0.25) is 0 Å². The fourth-order valence-corrected chi connectivity index (χ4v) is 2.35. The summed E-state index contributed by atoms with van der Waals surface area (Å²) in [7, 11) is 1.34. The van der Waals surface area contributed by atoms with Crippen LogP contribution in [0.25, 0.3) is 0 Å². The van der Waals surface area contributed by atoms with E-state index in [1.165, 1.54) is 13.5 Å². The van der Waals surface area contributed by atoms with Crippen molar-refractivity contribution in [3.63, 3.8) is 0 Å². The molecular weight excluding hydrogens is 244 g/mol. The summed E-state index contributed by atoms with van der Waals surface area (Å²) in [6.45, 7) is 5.69. The fraction of sp³-hybridized carbons (Fsp3) is 0.857. The topological polar surface area (TPSA) is 67.4 Å². The number of esters is 1. The van der Waals surface area contributed by atoms with Gasteiger partial charge in [-0.05, 0) is 18.3 Å². The molecule has 1 atom stereocenters. The first-order valence-corrected chi connectivity index (χ1v) is 6.99. The zero-order valence-electron chi connectivity index (χ0n) is 12.4. The molecular formula is C14H26N2O3. The monoisotopic (exact) mass is 270 g/mol. The molecule has 1 aliphatic rings. The predicted octanol–water partition coefficient (Wildman–Crippen LogP) is 2.21. The summed E-state index contributed by atoms with van der Waals surface area (Å²) in [4.78, 5) is 23.7. The Balaban J connectivity index is 2.53. The van der Waals surface area contributed by atoms with Crippen LogP contribution in [-0.2, 0) is 9.53 Å². The summed E-state index contributed by atoms with van der Waals surface area (Å²) in [6, 6.07) is -0.690. The van der Waals surface area contributed by atoms with Crippen LogP contribution in [0.3, 0.4) is 0 Å². The average Bonchev–Trinajstić information content (AvgIpc) is 2.35. The Morgan fingerprint density at radius 1 is 1.16 bits per heavy atom. The minimum absolute atomic E-state index is 0.229. The van der Waals surface area contributed by atoms with Crippen LogP contribution in [0.4, 0.5) is 4.79 Å². The van der Waals surface area contributed by atoms with Gasteiger partial charge >= 0.3 is 12.0 Å². The lowest BCUT2D eigenvalue weighted by atomic mass is 9.87. The molecule has 19 heavy (non-hydrogen) atoms. The number of carbonyl (C=O) groups excluding carboxylic acids is 2. The number of amides is 2. The predicted molar refractivity (Wildman–Crippen MR) is 73.8 cm³/mol. The first-order chi connectivity index (χ1) is 8.84. The van der Waals surface area contributed by atoms with Crippen LogP contribution < -0.4 is 10.6 Å². The fourth-order valence-electron chi connectivity index (χ4n) is 2.35. The van der Waals surface area contributed by atoms with Gasteiger partial charge in [-0.15, -0.1) is 0 Å². The van der Waals surface area contributed by atoms with Crippen molar-refractivity contribution >= 4 is 12.0 Å². The molecule has 1 unspecified atom stereocenters. The summed E-state index contributed by atoms with van der Waals surface area (Å²) in [6.07, 6.45) is 5.60. The van der Waals surface area contributed by atoms with Gasteiger partial charge in [-0.2, -0.15) is 0 Å². The van der Waals surface area contributed by atoms with Gasteiger partial charge < -0.3 is 15.4 Å². The number of hydrogen-bond donors (Lipinski definition) is 2. The van der Waals surface area contributed by atoms with Crippen LogP contribution in [0, 0.1) is 5.41 Å². The van der Waals surface area contributed by atoms with E-state index < -0.39 is 12.0 Å². The van der Waals surface area contributed by atoms with Gasteiger partial charge in [-0.1, -0.05) is 40.0 Å². The highest BCUT2D eigenvalue weighted by Crippen LogP contribution is 2.21. The highest BCUT2D eigenvalue weighted by molar-refractivity contribution is 5.84. The lowest BCUT2D eigenvalue weighted by Crippen LogP contribution is -2.54. The molecule has 0 radical (unpaired) electrons. The van der Waals surface area contributed by atoms with E-state index in [-0.39, 0.29) is 17.5 Å². The van der Waals surface area contributed by atoms with Crippen molar-refractivity contribution < 1.29 is 14.3 Å². The largest absolute Gasteiger partial charge is 0.467 e. The van der Waals surface area contributed by atoms with Crippen molar-refractivity contribution in [3.05, 3.63) is 0 Å². The SMILES string of the molecule is COC(=O)C(NC(=O)NC1CCCCC1)C(C)(C)C. The van der Waals surface area contributed by atoms with Crippen LogP contribution in [-0.4, -0.2) is 31.2 Å². The van der Waals surface area contributed by atoms with Crippen molar-refractivity contribution in [2.45, 2.75) is 65.0 Å². The van der Waals surface area contributed by atoms with E-state index in [9.17, 15) is 9.59 Å². The lowest BCUT2D eigenvalue weighted by Gasteiger charge is -2.30. The Hall–Kier alpha value is -1.26. The third-order valence-corrected chi connectivity index (χ3v) is 3.52. The normalized spacial score (nSPS) is 18.5. The smallest absolute Gasteiger partial charge is 0.328 e. The first-order valence-electron chi connectivity index (χ1n) is 6.99. The first kappa shape index (κ1) is 15.8. The molecule has 0 aliphatic heterocycles. The van der Waals surface area contributed by atoms with E-state index >= 15 is 0 Å². The number of nitrogens with one attached hydrogen (secondary N) is 2. The molecule has 2 amide bonds. The average molecular weight is 270 g/mol. The van der Waals surface area contributed by atoms with Gasteiger partial charge in [0.25, 0.3) is 0 Å². The van der Waals surface area contributed by atoms with Gasteiger partial charge in [0, 0.05) is 6.04 Å². The summed E-state index contributed by atoms with van der Waals surface area (Å²) < 4.78 is 4.75. The van der Waals surface area contributed by atoms with Crippen LogP contribution in [0.2, 0.25) is 0 Å². The number of carbonyl (C=O) groups is 2. The Bertz CT molecular complexity index is 317. The highest BCUT2D eigenvalue weighted by Gasteiger charge is 2.34. The molecule has 1 rings (SSSR count). The van der Waals surface area contributed by atoms with Crippen molar-refractivity contribution in [2.24, 2.45) is 5.41 Å². The third kappa shape index (κ3) is 5.09. The maximum atomic E-state index is 12.0. The molecule has 0 aromatic rings. The van der Waals surface area contributed by atoms with Crippen molar-refractivity contribution in [2.75, 3.05) is 7.11 Å². The maximum absolute atomic E-state index is 12.0. The second-order valence-electron chi connectivity index (χ2n) is 6.27. The Kier molecular flexibility index (Phi) is 5.63. The Labute approximate surface area is 115 Å². The van der Waals surface area contributed by atoms with Crippen molar-refractivity contribution in [1.29, 1.82) is 0 Å². The van der Waals surface area contributed by atoms with Gasteiger partial charge in [0.1, 0.15) is 6.04 Å². The standard InChI is InChI=1S/C14H26N2O3/c1-14(2,3)11(12(17)19-4)16-13(18)15-10-8-6-5-7-9-10/h10-11H,5-9H2,1-4H3,(H2,15,16,18). The Morgan fingerprint density at radius 3 is 2.21 bits per heavy atom. The zero-order chi connectivity index (χ0) is 14.5. The molecule has 0 aromatic carbocycles. The highest BCUT2D eigenvalue weighted by atomic mass is 16.5. The van der Waals surface area contributed by atoms with Gasteiger partial charge in [0.05, 0.1) is 7.11 Å². The molecule has 5 heteroatoms. The molecule has 1 fully saturated rings. The van der Waals surface area contributed by atoms with Crippen LogP contribution >= 0.6 is 0 Å². The number of hydrogen-bond acceptors (Lipinski definition) is 3. The summed E-state index contributed by atoms with van der Waals surface area (Å²) in [5.41, 5.74) is -0.378. The number of methoxy groups -OCH3 is 1. The van der Waals surface area contributed by atoms with E-state index in [0.29, 0.717) is 0 Å². The quantitative estimate of drug-likeness (QED) is 0.773. The van der Waals surface area contributed by atoms with Gasteiger partial charge in [0.15, 0.2) is 0 Å². The molecule has 0 saturated heterocycles. The molecule has 0 aromatic heterocycles. The molecule has 0 bridgehead atoms. The Morgan fingerprint density at radius 2 is 1.74 bits per heavy atom. The maximum Gasteiger partial charge on any atom is 0.328 e. The molecule has 2 N–H and O–H groups in total. The van der Waals surface area contributed by atoms with Crippen molar-refractivity contribution in [3.8, 4) is 0 Å². The third-order valence-electron chi connectivity index (χ3n) is 3.52. The molecule has 0 spiro atoms. The van der Waals surface area contributed by atoms with E-state index in [0.717, 1.165) is 25.7 Å². The van der Waals surface area contributed by atoms with Crippen LogP contribution in [0.15, 0.2) is 0 Å². The van der Waals surface area contributed by atoms with E-state index in [1.54, 1.807) is 0 Å². The second-order valence-corrected chi connectivity index (χ2v) is 6.27. The van der Waals surface area contributed by atoms with Crippen LogP contribution in [0.1, 0.15) is 52.9 Å². The number of rotatable bonds is 3. The van der Waals surface area contributed by atoms with Gasteiger partial charge in [-0.25, -0.2) is 9.59 Å². The molecule has 0 heterocycles. The lowest BCUT2D eigenvalue weighted by molar-refractivity contribution is -0.145. The minimum atomic E-state index is -0.638. The van der Waals surface area contributed by atoms with Crippen molar-refractivity contribution in [1.82, 2.24) is 10.6 Å². The van der Waals surface area contributed by atoms with Gasteiger partial charge in [-0.3, -0.25) is 0 Å². The summed E-state index contributed by atoms with van der Waals surface area (Å²) >= 11 is 0. The summed E-state index contributed by atoms with van der Waals surface area (Å²) in [5.74, 6) is -0.411.